The van der Waals surface area contributed by atoms with Crippen LogP contribution in [-0.4, -0.2) is 22.5 Å². The minimum absolute atomic E-state index is 0.00895. The quantitative estimate of drug-likeness (QED) is 0.314. The molecule has 0 aliphatic rings. The summed E-state index contributed by atoms with van der Waals surface area (Å²) in [6.45, 7) is 4.67. The maximum atomic E-state index is 12.0. The van der Waals surface area contributed by atoms with E-state index in [4.69, 9.17) is 17.0 Å². The highest BCUT2D eigenvalue weighted by atomic mass is 32.1. The summed E-state index contributed by atoms with van der Waals surface area (Å²) in [6, 6.07) is 13.2. The number of non-ortho nitro benzene ring substituents is 1. The third kappa shape index (κ3) is 6.81. The van der Waals surface area contributed by atoms with Crippen molar-refractivity contribution in [2.45, 2.75) is 13.8 Å². The second-order valence-corrected chi connectivity index (χ2v) is 6.73. The number of para-hydroxylation sites is 2. The van der Waals surface area contributed by atoms with E-state index >= 15 is 0 Å². The zero-order valence-corrected chi connectivity index (χ0v) is 16.4. The fourth-order valence-electron chi connectivity index (χ4n) is 2.14. The molecule has 0 aromatic heterocycles. The molecule has 0 fully saturated rings. The molecular weight excluding hydrogens is 378 g/mol. The number of benzene rings is 2. The lowest BCUT2D eigenvalue weighted by atomic mass is 10.2. The molecule has 2 aromatic rings. The molecule has 0 aliphatic carbocycles. The normalized spacial score (nSPS) is 10.7. The van der Waals surface area contributed by atoms with Crippen molar-refractivity contribution in [1.29, 1.82) is 0 Å². The Bertz CT molecular complexity index is 879. The highest BCUT2D eigenvalue weighted by Gasteiger charge is 2.08. The van der Waals surface area contributed by atoms with Crippen LogP contribution in [0.1, 0.15) is 19.4 Å². The first-order valence-corrected chi connectivity index (χ1v) is 9.02. The van der Waals surface area contributed by atoms with E-state index in [1.165, 1.54) is 18.2 Å². The SMILES string of the molecule is CC(C)COc1ccccc1NC(=S)NC(=O)/C=C/c1ccc([N+](=O)[O-])cc1. The van der Waals surface area contributed by atoms with E-state index in [0.29, 0.717) is 29.5 Å². The number of nitro groups is 1. The molecule has 28 heavy (non-hydrogen) atoms. The van der Waals surface area contributed by atoms with Crippen LogP contribution in [0, 0.1) is 16.0 Å². The van der Waals surface area contributed by atoms with Crippen molar-refractivity contribution in [3.05, 3.63) is 70.3 Å². The Morgan fingerprint density at radius 2 is 1.89 bits per heavy atom. The minimum Gasteiger partial charge on any atom is -0.491 e. The number of thiocarbonyl (C=S) groups is 1. The molecule has 0 radical (unpaired) electrons. The zero-order valence-electron chi connectivity index (χ0n) is 15.5. The summed E-state index contributed by atoms with van der Waals surface area (Å²) in [5.74, 6) is 0.606. The van der Waals surface area contributed by atoms with Crippen molar-refractivity contribution in [3.63, 3.8) is 0 Å². The molecule has 2 rings (SSSR count). The van der Waals surface area contributed by atoms with Gasteiger partial charge in [0.15, 0.2) is 5.11 Å². The van der Waals surface area contributed by atoms with Crippen LogP contribution in [0.15, 0.2) is 54.6 Å². The molecular formula is C20H21N3O4S. The van der Waals surface area contributed by atoms with E-state index < -0.39 is 10.8 Å². The third-order valence-corrected chi connectivity index (χ3v) is 3.68. The van der Waals surface area contributed by atoms with Crippen molar-refractivity contribution in [2.24, 2.45) is 5.92 Å². The average molecular weight is 399 g/mol. The van der Waals surface area contributed by atoms with Crippen LogP contribution in [-0.2, 0) is 4.79 Å². The fourth-order valence-corrected chi connectivity index (χ4v) is 2.35. The van der Waals surface area contributed by atoms with Crippen LogP contribution < -0.4 is 15.4 Å². The van der Waals surface area contributed by atoms with Crippen molar-refractivity contribution in [3.8, 4) is 5.75 Å². The van der Waals surface area contributed by atoms with Gasteiger partial charge in [-0.2, -0.15) is 0 Å². The molecule has 1 amide bonds. The van der Waals surface area contributed by atoms with Gasteiger partial charge >= 0.3 is 0 Å². The molecule has 0 saturated carbocycles. The van der Waals surface area contributed by atoms with Crippen molar-refractivity contribution in [2.75, 3.05) is 11.9 Å². The highest BCUT2D eigenvalue weighted by molar-refractivity contribution is 7.80. The van der Waals surface area contributed by atoms with Gasteiger partial charge < -0.3 is 10.1 Å². The standard InChI is InChI=1S/C20H21N3O4S/c1-14(2)13-27-18-6-4-3-5-17(18)21-20(28)22-19(24)12-9-15-7-10-16(11-8-15)23(25)26/h3-12,14H,13H2,1-2H3,(H2,21,22,24,28)/b12-9+. The lowest BCUT2D eigenvalue weighted by molar-refractivity contribution is -0.384. The van der Waals surface area contributed by atoms with Gasteiger partial charge in [0.2, 0.25) is 5.91 Å². The largest absolute Gasteiger partial charge is 0.491 e. The lowest BCUT2D eigenvalue weighted by Gasteiger charge is -2.15. The van der Waals surface area contributed by atoms with Crippen LogP contribution in [0.4, 0.5) is 11.4 Å². The predicted molar refractivity (Wildman–Crippen MR) is 113 cm³/mol. The van der Waals surface area contributed by atoms with E-state index in [9.17, 15) is 14.9 Å². The maximum absolute atomic E-state index is 12.0. The van der Waals surface area contributed by atoms with Gasteiger partial charge in [0.25, 0.3) is 5.69 Å². The molecule has 0 saturated heterocycles. The summed E-state index contributed by atoms with van der Waals surface area (Å²) >= 11 is 5.18. The average Bonchev–Trinajstić information content (AvgIpc) is 2.65. The van der Waals surface area contributed by atoms with E-state index in [1.807, 2.05) is 18.2 Å². The molecule has 0 bridgehead atoms. The number of hydrogen-bond donors (Lipinski definition) is 2. The second kappa shape index (κ2) is 10.2. The summed E-state index contributed by atoms with van der Waals surface area (Å²) in [5.41, 5.74) is 1.31. The van der Waals surface area contributed by atoms with Gasteiger partial charge in [0.05, 0.1) is 17.2 Å². The van der Waals surface area contributed by atoms with Gasteiger partial charge in [-0.1, -0.05) is 26.0 Å². The van der Waals surface area contributed by atoms with Crippen molar-refractivity contribution < 1.29 is 14.5 Å². The Labute approximate surface area is 168 Å². The number of nitrogens with zero attached hydrogens (tertiary/aromatic N) is 1. The summed E-state index contributed by atoms with van der Waals surface area (Å²) < 4.78 is 5.74. The van der Waals surface area contributed by atoms with E-state index in [2.05, 4.69) is 24.5 Å². The van der Waals surface area contributed by atoms with Crippen LogP contribution in [0.2, 0.25) is 0 Å². The Hall–Kier alpha value is -3.26. The lowest BCUT2D eigenvalue weighted by Crippen LogP contribution is -2.33. The van der Waals surface area contributed by atoms with Gasteiger partial charge in [-0.25, -0.2) is 0 Å². The minimum atomic E-state index is -0.479. The molecule has 0 spiro atoms. The van der Waals surface area contributed by atoms with E-state index in [0.717, 1.165) is 0 Å². The Balaban J connectivity index is 1.92. The van der Waals surface area contributed by atoms with Gasteiger partial charge in [0.1, 0.15) is 5.75 Å². The number of amides is 1. The number of carbonyl (C=O) groups is 1. The maximum Gasteiger partial charge on any atom is 0.269 e. The topological polar surface area (TPSA) is 93.5 Å². The van der Waals surface area contributed by atoms with Crippen LogP contribution >= 0.6 is 12.2 Å². The van der Waals surface area contributed by atoms with Gasteiger partial charge in [-0.15, -0.1) is 0 Å². The van der Waals surface area contributed by atoms with Crippen molar-refractivity contribution >= 4 is 40.7 Å². The summed E-state index contributed by atoms with van der Waals surface area (Å²) in [6.07, 6.45) is 2.84. The molecule has 0 atom stereocenters. The van der Waals surface area contributed by atoms with Crippen LogP contribution in [0.5, 0.6) is 5.75 Å². The zero-order chi connectivity index (χ0) is 20.5. The summed E-state index contributed by atoms with van der Waals surface area (Å²) in [5, 5.41) is 16.3. The molecule has 2 N–H and O–H groups in total. The number of hydrogen-bond acceptors (Lipinski definition) is 5. The number of carbonyl (C=O) groups excluding carboxylic acids is 1. The number of anilines is 1. The van der Waals surface area contributed by atoms with Gasteiger partial charge in [-0.3, -0.25) is 20.2 Å². The number of ether oxygens (including phenoxy) is 1. The van der Waals surface area contributed by atoms with Crippen LogP contribution in [0.25, 0.3) is 6.08 Å². The van der Waals surface area contributed by atoms with E-state index in [1.54, 1.807) is 24.3 Å². The van der Waals surface area contributed by atoms with Crippen molar-refractivity contribution in [1.82, 2.24) is 5.32 Å². The first kappa shape index (κ1) is 21.0. The molecule has 0 unspecified atom stereocenters. The Kier molecular flexibility index (Phi) is 7.65. The monoisotopic (exact) mass is 399 g/mol. The second-order valence-electron chi connectivity index (χ2n) is 6.33. The first-order valence-electron chi connectivity index (χ1n) is 8.61. The number of nitrogens with one attached hydrogen (secondary N) is 2. The number of rotatable bonds is 7. The number of nitro benzene ring substituents is 1. The Morgan fingerprint density at radius 3 is 2.54 bits per heavy atom. The van der Waals surface area contributed by atoms with Gasteiger partial charge in [-0.05, 0) is 54.0 Å². The van der Waals surface area contributed by atoms with E-state index in [-0.39, 0.29) is 10.8 Å². The molecule has 7 nitrogen and oxygen atoms in total. The summed E-state index contributed by atoms with van der Waals surface area (Å²) in [7, 11) is 0. The predicted octanol–water partition coefficient (Wildman–Crippen LogP) is 4.16. The van der Waals surface area contributed by atoms with Crippen LogP contribution in [0.3, 0.4) is 0 Å². The molecule has 8 heteroatoms. The molecule has 2 aromatic carbocycles. The first-order chi connectivity index (χ1) is 13.3. The smallest absolute Gasteiger partial charge is 0.269 e. The molecule has 0 aliphatic heterocycles. The molecule has 146 valence electrons. The fraction of sp³-hybridized carbons (Fsp3) is 0.200. The molecule has 0 heterocycles. The third-order valence-electron chi connectivity index (χ3n) is 3.48. The summed E-state index contributed by atoms with van der Waals surface area (Å²) in [4.78, 5) is 22.2. The van der Waals surface area contributed by atoms with Gasteiger partial charge in [0, 0.05) is 18.2 Å². The highest BCUT2D eigenvalue weighted by Crippen LogP contribution is 2.24. The Morgan fingerprint density at radius 1 is 1.21 bits per heavy atom.